The number of ether oxygens (including phenoxy) is 1. The van der Waals surface area contributed by atoms with E-state index in [9.17, 15) is 0 Å². The van der Waals surface area contributed by atoms with Crippen molar-refractivity contribution in [3.05, 3.63) is 65.2 Å². The fraction of sp³-hybridized carbons (Fsp3) is 0.125. The first kappa shape index (κ1) is 13.6. The fourth-order valence-corrected chi connectivity index (χ4v) is 1.61. The normalized spacial score (nSPS) is 10.2. The van der Waals surface area contributed by atoms with Gasteiger partial charge in [-0.3, -0.25) is 0 Å². The summed E-state index contributed by atoms with van der Waals surface area (Å²) >= 11 is 0. The maximum atomic E-state index is 8.70. The van der Waals surface area contributed by atoms with E-state index < -0.39 is 0 Å². The number of nitriles is 1. The summed E-state index contributed by atoms with van der Waals surface area (Å²) in [4.78, 5) is 5.22. The van der Waals surface area contributed by atoms with Crippen molar-refractivity contribution in [2.45, 2.75) is 6.61 Å². The highest BCUT2D eigenvalue weighted by Crippen LogP contribution is 2.11. The van der Waals surface area contributed by atoms with Gasteiger partial charge in [-0.1, -0.05) is 29.4 Å². The van der Waals surface area contributed by atoms with Crippen molar-refractivity contribution < 1.29 is 9.57 Å². The van der Waals surface area contributed by atoms with Crippen molar-refractivity contribution in [2.24, 2.45) is 5.16 Å². The molecule has 0 unspecified atom stereocenters. The summed E-state index contributed by atoms with van der Waals surface area (Å²) < 4.78 is 5.12. The number of methoxy groups -OCH3 is 1. The molecule has 0 spiro atoms. The van der Waals surface area contributed by atoms with Crippen LogP contribution in [-0.4, -0.2) is 13.3 Å². The second kappa shape index (κ2) is 6.95. The molecule has 0 aliphatic carbocycles. The Balaban J connectivity index is 1.88. The molecule has 0 fully saturated rings. The van der Waals surface area contributed by atoms with Gasteiger partial charge in [0.25, 0.3) is 0 Å². The van der Waals surface area contributed by atoms with E-state index in [1.807, 2.05) is 36.4 Å². The minimum absolute atomic E-state index is 0.367. The second-order valence-electron chi connectivity index (χ2n) is 4.09. The van der Waals surface area contributed by atoms with E-state index in [-0.39, 0.29) is 0 Å². The number of hydrogen-bond acceptors (Lipinski definition) is 4. The standard InChI is InChI=1S/C16H14N2O2/c1-19-16-4-2-3-15(9-16)11-18-20-12-14-7-5-13(10-17)6-8-14/h2-9,11H,12H2,1H3. The maximum absolute atomic E-state index is 8.70. The first-order valence-corrected chi connectivity index (χ1v) is 6.10. The van der Waals surface area contributed by atoms with Crippen LogP contribution in [0.2, 0.25) is 0 Å². The Bertz CT molecular complexity index is 628. The van der Waals surface area contributed by atoms with Crippen molar-refractivity contribution >= 4 is 6.21 Å². The van der Waals surface area contributed by atoms with Crippen LogP contribution in [0.1, 0.15) is 16.7 Å². The van der Waals surface area contributed by atoms with Crippen LogP contribution in [0.25, 0.3) is 0 Å². The van der Waals surface area contributed by atoms with Crippen molar-refractivity contribution in [2.75, 3.05) is 7.11 Å². The van der Waals surface area contributed by atoms with Gasteiger partial charge in [0.15, 0.2) is 0 Å². The molecule has 0 saturated carbocycles. The zero-order valence-electron chi connectivity index (χ0n) is 11.1. The van der Waals surface area contributed by atoms with Gasteiger partial charge in [0.05, 0.1) is 25.0 Å². The molecular formula is C16H14N2O2. The van der Waals surface area contributed by atoms with Gasteiger partial charge in [0, 0.05) is 0 Å². The van der Waals surface area contributed by atoms with Gasteiger partial charge in [-0.05, 0) is 35.4 Å². The van der Waals surface area contributed by atoms with E-state index >= 15 is 0 Å². The highest BCUT2D eigenvalue weighted by atomic mass is 16.6. The van der Waals surface area contributed by atoms with E-state index in [1.165, 1.54) is 0 Å². The molecule has 2 rings (SSSR count). The minimum Gasteiger partial charge on any atom is -0.497 e. The third kappa shape index (κ3) is 3.85. The molecule has 0 bridgehead atoms. The zero-order valence-corrected chi connectivity index (χ0v) is 11.1. The fourth-order valence-electron chi connectivity index (χ4n) is 1.61. The summed E-state index contributed by atoms with van der Waals surface area (Å²) in [5, 5.41) is 12.6. The molecule has 0 saturated heterocycles. The lowest BCUT2D eigenvalue weighted by atomic mass is 10.2. The Hall–Kier alpha value is -2.80. The lowest BCUT2D eigenvalue weighted by molar-refractivity contribution is 0.132. The number of nitrogens with zero attached hydrogens (tertiary/aromatic N) is 2. The van der Waals surface area contributed by atoms with E-state index in [0.29, 0.717) is 12.2 Å². The summed E-state index contributed by atoms with van der Waals surface area (Å²) in [5.74, 6) is 0.779. The molecule has 20 heavy (non-hydrogen) atoms. The van der Waals surface area contributed by atoms with E-state index in [2.05, 4.69) is 11.2 Å². The van der Waals surface area contributed by atoms with Gasteiger partial charge >= 0.3 is 0 Å². The third-order valence-corrected chi connectivity index (χ3v) is 2.68. The quantitative estimate of drug-likeness (QED) is 0.617. The molecular weight excluding hydrogens is 252 g/mol. The number of hydrogen-bond donors (Lipinski definition) is 0. The Labute approximate surface area is 117 Å². The molecule has 100 valence electrons. The average Bonchev–Trinajstić information content (AvgIpc) is 2.52. The molecule has 2 aromatic carbocycles. The van der Waals surface area contributed by atoms with Crippen LogP contribution in [0.4, 0.5) is 0 Å². The van der Waals surface area contributed by atoms with Crippen LogP contribution in [0.5, 0.6) is 5.75 Å². The highest BCUT2D eigenvalue weighted by molar-refractivity contribution is 5.79. The van der Waals surface area contributed by atoms with Crippen LogP contribution in [0, 0.1) is 11.3 Å². The molecule has 2 aromatic rings. The second-order valence-corrected chi connectivity index (χ2v) is 4.09. The van der Waals surface area contributed by atoms with Crippen molar-refractivity contribution in [1.29, 1.82) is 5.26 Å². The average molecular weight is 266 g/mol. The summed E-state index contributed by atoms with van der Waals surface area (Å²) in [5.41, 5.74) is 2.50. The molecule has 4 nitrogen and oxygen atoms in total. The maximum Gasteiger partial charge on any atom is 0.142 e. The molecule has 0 atom stereocenters. The van der Waals surface area contributed by atoms with E-state index in [0.717, 1.165) is 16.9 Å². The minimum atomic E-state index is 0.367. The Morgan fingerprint density at radius 1 is 1.20 bits per heavy atom. The van der Waals surface area contributed by atoms with E-state index in [1.54, 1.807) is 25.5 Å². The molecule has 0 amide bonds. The highest BCUT2D eigenvalue weighted by Gasteiger charge is 1.95. The van der Waals surface area contributed by atoms with Crippen molar-refractivity contribution in [1.82, 2.24) is 0 Å². The van der Waals surface area contributed by atoms with Gasteiger partial charge in [-0.2, -0.15) is 5.26 Å². The monoisotopic (exact) mass is 266 g/mol. The zero-order chi connectivity index (χ0) is 14.2. The van der Waals surface area contributed by atoms with Gasteiger partial charge in [-0.25, -0.2) is 0 Å². The SMILES string of the molecule is COc1cccc(C=NOCc2ccc(C#N)cc2)c1. The van der Waals surface area contributed by atoms with E-state index in [4.69, 9.17) is 14.8 Å². The van der Waals surface area contributed by atoms with Crippen LogP contribution >= 0.6 is 0 Å². The van der Waals surface area contributed by atoms with Crippen LogP contribution < -0.4 is 4.74 Å². The summed E-state index contributed by atoms with van der Waals surface area (Å²) in [6, 6.07) is 16.8. The molecule has 0 N–H and O–H groups in total. The first-order valence-electron chi connectivity index (χ1n) is 6.10. The largest absolute Gasteiger partial charge is 0.497 e. The summed E-state index contributed by atoms with van der Waals surface area (Å²) in [7, 11) is 1.62. The molecule has 0 aliphatic heterocycles. The molecule has 4 heteroatoms. The Morgan fingerprint density at radius 3 is 2.70 bits per heavy atom. The van der Waals surface area contributed by atoms with Gasteiger partial charge < -0.3 is 9.57 Å². The van der Waals surface area contributed by atoms with Crippen LogP contribution in [-0.2, 0) is 11.4 Å². The van der Waals surface area contributed by atoms with Gasteiger partial charge in [0.2, 0.25) is 0 Å². The lowest BCUT2D eigenvalue weighted by Gasteiger charge is -2.01. The smallest absolute Gasteiger partial charge is 0.142 e. The Morgan fingerprint density at radius 2 is 2.00 bits per heavy atom. The number of rotatable bonds is 5. The predicted octanol–water partition coefficient (Wildman–Crippen LogP) is 3.12. The van der Waals surface area contributed by atoms with Crippen molar-refractivity contribution in [3.8, 4) is 11.8 Å². The van der Waals surface area contributed by atoms with Gasteiger partial charge in [-0.15, -0.1) is 0 Å². The lowest BCUT2D eigenvalue weighted by Crippen LogP contribution is -1.89. The molecule has 0 aromatic heterocycles. The molecule has 0 radical (unpaired) electrons. The van der Waals surface area contributed by atoms with Crippen LogP contribution in [0.3, 0.4) is 0 Å². The summed E-state index contributed by atoms with van der Waals surface area (Å²) in [6.07, 6.45) is 1.63. The Kier molecular flexibility index (Phi) is 4.74. The predicted molar refractivity (Wildman–Crippen MR) is 76.5 cm³/mol. The van der Waals surface area contributed by atoms with Gasteiger partial charge in [0.1, 0.15) is 12.4 Å². The third-order valence-electron chi connectivity index (χ3n) is 2.68. The van der Waals surface area contributed by atoms with Crippen molar-refractivity contribution in [3.63, 3.8) is 0 Å². The van der Waals surface area contributed by atoms with Crippen LogP contribution in [0.15, 0.2) is 53.7 Å². The number of benzene rings is 2. The molecule has 0 heterocycles. The summed E-state index contributed by atoms with van der Waals surface area (Å²) in [6.45, 7) is 0.367. The number of oxime groups is 1. The first-order chi connectivity index (χ1) is 9.81. The molecule has 0 aliphatic rings. The topological polar surface area (TPSA) is 54.6 Å².